The van der Waals surface area contributed by atoms with Crippen LogP contribution >= 0.6 is 23.4 Å². The van der Waals surface area contributed by atoms with Gasteiger partial charge in [0, 0.05) is 24.9 Å². The molecule has 0 N–H and O–H groups in total. The summed E-state index contributed by atoms with van der Waals surface area (Å²) in [5.41, 5.74) is -1.03. The standard InChI is InChI=1S/C10H13ClF3N3S/c1-6(5-18-3)17(2)8-4-7(10(12,13)14)15-9(11)16-8/h4,6H,5H2,1-3H3. The maximum Gasteiger partial charge on any atom is 0.433 e. The molecular weight excluding hydrogens is 287 g/mol. The average molecular weight is 300 g/mol. The van der Waals surface area contributed by atoms with E-state index in [1.807, 2.05) is 13.2 Å². The summed E-state index contributed by atoms with van der Waals surface area (Å²) in [5, 5.41) is -0.400. The van der Waals surface area contributed by atoms with Crippen molar-refractivity contribution in [3.8, 4) is 0 Å². The van der Waals surface area contributed by atoms with E-state index in [0.29, 0.717) is 0 Å². The topological polar surface area (TPSA) is 29.0 Å². The first-order chi connectivity index (χ1) is 8.25. The van der Waals surface area contributed by atoms with Crippen molar-refractivity contribution in [1.82, 2.24) is 9.97 Å². The van der Waals surface area contributed by atoms with Crippen molar-refractivity contribution in [1.29, 1.82) is 0 Å². The van der Waals surface area contributed by atoms with Crippen molar-refractivity contribution in [3.63, 3.8) is 0 Å². The Morgan fingerprint density at radius 3 is 2.56 bits per heavy atom. The van der Waals surface area contributed by atoms with Gasteiger partial charge in [-0.3, -0.25) is 0 Å². The van der Waals surface area contributed by atoms with Crippen LogP contribution in [0.2, 0.25) is 5.28 Å². The predicted octanol–water partition coefficient (Wildman–Crippen LogP) is 3.34. The highest BCUT2D eigenvalue weighted by atomic mass is 35.5. The number of alkyl halides is 3. The summed E-state index contributed by atoms with van der Waals surface area (Å²) in [6.45, 7) is 1.90. The van der Waals surface area contributed by atoms with Crippen LogP contribution < -0.4 is 4.90 Å². The quantitative estimate of drug-likeness (QED) is 0.798. The predicted molar refractivity (Wildman–Crippen MR) is 68.3 cm³/mol. The molecule has 0 amide bonds. The maximum absolute atomic E-state index is 12.6. The van der Waals surface area contributed by atoms with Crippen molar-refractivity contribution in [2.75, 3.05) is 24.0 Å². The van der Waals surface area contributed by atoms with Crippen LogP contribution in [-0.4, -0.2) is 35.1 Å². The molecule has 0 fully saturated rings. The molecule has 1 aromatic rings. The van der Waals surface area contributed by atoms with Gasteiger partial charge in [0.1, 0.15) is 5.82 Å². The number of hydrogen-bond acceptors (Lipinski definition) is 4. The van der Waals surface area contributed by atoms with Gasteiger partial charge < -0.3 is 4.90 Å². The Morgan fingerprint density at radius 1 is 1.44 bits per heavy atom. The third-order valence-corrected chi connectivity index (χ3v) is 3.39. The lowest BCUT2D eigenvalue weighted by atomic mass is 10.3. The van der Waals surface area contributed by atoms with E-state index in [1.165, 1.54) is 0 Å². The fourth-order valence-electron chi connectivity index (χ4n) is 1.31. The minimum absolute atomic E-state index is 0.0482. The Hall–Kier alpha value is -0.690. The van der Waals surface area contributed by atoms with Gasteiger partial charge in [0.2, 0.25) is 5.28 Å². The molecule has 0 radical (unpaired) electrons. The summed E-state index contributed by atoms with van der Waals surface area (Å²) < 4.78 is 37.8. The molecule has 1 atom stereocenters. The van der Waals surface area contributed by atoms with Gasteiger partial charge in [-0.25, -0.2) is 9.97 Å². The van der Waals surface area contributed by atoms with E-state index in [1.54, 1.807) is 23.7 Å². The smallest absolute Gasteiger partial charge is 0.356 e. The van der Waals surface area contributed by atoms with E-state index in [-0.39, 0.29) is 11.9 Å². The van der Waals surface area contributed by atoms with Gasteiger partial charge in [-0.1, -0.05) is 0 Å². The summed E-state index contributed by atoms with van der Waals surface area (Å²) in [6, 6.07) is 0.954. The molecular formula is C10H13ClF3N3S. The second-order valence-electron chi connectivity index (χ2n) is 3.79. The fourth-order valence-corrected chi connectivity index (χ4v) is 2.19. The van der Waals surface area contributed by atoms with Gasteiger partial charge in [0.25, 0.3) is 0 Å². The lowest BCUT2D eigenvalue weighted by Gasteiger charge is -2.25. The van der Waals surface area contributed by atoms with Crippen LogP contribution in [-0.2, 0) is 6.18 Å². The minimum Gasteiger partial charge on any atom is -0.356 e. The fraction of sp³-hybridized carbons (Fsp3) is 0.600. The Kier molecular flexibility index (Phi) is 5.10. The lowest BCUT2D eigenvalue weighted by Crippen LogP contribution is -2.32. The molecule has 0 aliphatic heterocycles. The maximum atomic E-state index is 12.6. The number of rotatable bonds is 4. The molecule has 0 bridgehead atoms. The number of anilines is 1. The van der Waals surface area contributed by atoms with E-state index in [9.17, 15) is 13.2 Å². The molecule has 0 aromatic carbocycles. The Labute approximate surface area is 113 Å². The zero-order chi connectivity index (χ0) is 13.9. The molecule has 0 aliphatic rings. The number of hydrogen-bond donors (Lipinski definition) is 0. The summed E-state index contributed by atoms with van der Waals surface area (Å²) >= 11 is 7.13. The normalized spacial score (nSPS) is 13.5. The third-order valence-electron chi connectivity index (χ3n) is 2.41. The minimum atomic E-state index is -4.52. The van der Waals surface area contributed by atoms with Crippen LogP contribution in [0.5, 0.6) is 0 Å². The Bertz CT molecular complexity index is 414. The van der Waals surface area contributed by atoms with Crippen LogP contribution in [0.15, 0.2) is 6.07 Å². The second-order valence-corrected chi connectivity index (χ2v) is 5.04. The first kappa shape index (κ1) is 15.4. The summed E-state index contributed by atoms with van der Waals surface area (Å²) in [4.78, 5) is 8.66. The molecule has 0 spiro atoms. The van der Waals surface area contributed by atoms with Crippen molar-refractivity contribution < 1.29 is 13.2 Å². The second kappa shape index (κ2) is 5.97. The average Bonchev–Trinajstić information content (AvgIpc) is 2.26. The molecule has 0 aliphatic carbocycles. The highest BCUT2D eigenvalue weighted by Crippen LogP contribution is 2.30. The molecule has 3 nitrogen and oxygen atoms in total. The van der Waals surface area contributed by atoms with Crippen LogP contribution in [0.3, 0.4) is 0 Å². The molecule has 1 rings (SSSR count). The van der Waals surface area contributed by atoms with Gasteiger partial charge >= 0.3 is 6.18 Å². The number of aromatic nitrogens is 2. The molecule has 1 unspecified atom stereocenters. The summed E-state index contributed by atoms with van der Waals surface area (Å²) in [6.07, 6.45) is -2.59. The van der Waals surface area contributed by atoms with E-state index in [4.69, 9.17) is 11.6 Å². The van der Waals surface area contributed by atoms with E-state index < -0.39 is 17.2 Å². The Morgan fingerprint density at radius 2 is 2.06 bits per heavy atom. The van der Waals surface area contributed by atoms with Crippen molar-refractivity contribution in [2.24, 2.45) is 0 Å². The highest BCUT2D eigenvalue weighted by Gasteiger charge is 2.34. The number of halogens is 4. The zero-order valence-corrected chi connectivity index (χ0v) is 11.7. The Balaban J connectivity index is 3.06. The van der Waals surface area contributed by atoms with Gasteiger partial charge in [-0.2, -0.15) is 24.9 Å². The number of thioether (sulfide) groups is 1. The highest BCUT2D eigenvalue weighted by molar-refractivity contribution is 7.98. The van der Waals surface area contributed by atoms with Crippen LogP contribution in [0.25, 0.3) is 0 Å². The molecule has 0 saturated carbocycles. The molecule has 1 heterocycles. The third kappa shape index (κ3) is 3.91. The lowest BCUT2D eigenvalue weighted by molar-refractivity contribution is -0.141. The summed E-state index contributed by atoms with van der Waals surface area (Å²) in [7, 11) is 1.68. The SMILES string of the molecule is CSCC(C)N(C)c1cc(C(F)(F)F)nc(Cl)n1. The van der Waals surface area contributed by atoms with E-state index >= 15 is 0 Å². The van der Waals surface area contributed by atoms with Crippen LogP contribution in [0.1, 0.15) is 12.6 Å². The van der Waals surface area contributed by atoms with Crippen LogP contribution in [0, 0.1) is 0 Å². The van der Waals surface area contributed by atoms with E-state index in [0.717, 1.165) is 11.8 Å². The molecule has 18 heavy (non-hydrogen) atoms. The van der Waals surface area contributed by atoms with Gasteiger partial charge in [0.05, 0.1) is 0 Å². The van der Waals surface area contributed by atoms with E-state index in [2.05, 4.69) is 9.97 Å². The van der Waals surface area contributed by atoms with Crippen LogP contribution in [0.4, 0.5) is 19.0 Å². The molecule has 1 aromatic heterocycles. The summed E-state index contributed by atoms with van der Waals surface area (Å²) in [5.74, 6) is 0.948. The monoisotopic (exact) mass is 299 g/mol. The van der Waals surface area contributed by atoms with Crippen molar-refractivity contribution in [3.05, 3.63) is 17.0 Å². The zero-order valence-electron chi connectivity index (χ0n) is 10.1. The van der Waals surface area contributed by atoms with Gasteiger partial charge in [-0.05, 0) is 24.8 Å². The van der Waals surface area contributed by atoms with Crippen molar-refractivity contribution in [2.45, 2.75) is 19.1 Å². The number of nitrogens with zero attached hydrogens (tertiary/aromatic N) is 3. The van der Waals surface area contributed by atoms with Gasteiger partial charge in [0.15, 0.2) is 5.69 Å². The molecule has 0 saturated heterocycles. The largest absolute Gasteiger partial charge is 0.433 e. The van der Waals surface area contributed by atoms with Gasteiger partial charge in [-0.15, -0.1) is 0 Å². The molecule has 102 valence electrons. The first-order valence-electron chi connectivity index (χ1n) is 5.09. The van der Waals surface area contributed by atoms with Crippen molar-refractivity contribution >= 4 is 29.2 Å². The molecule has 8 heteroatoms. The first-order valence-corrected chi connectivity index (χ1v) is 6.86.